The van der Waals surface area contributed by atoms with Crippen LogP contribution in [0.25, 0.3) is 11.3 Å². The number of aryl methyl sites for hydroxylation is 1. The fourth-order valence-corrected chi connectivity index (χ4v) is 3.83. The SMILES string of the molecule is Cc1oc(-c2ccccc2)c(N(C)C)c1C[N+]1(C)CCCCC1.[I-]. The average molecular weight is 440 g/mol. The molecule has 3 nitrogen and oxygen atoms in total. The number of piperidine rings is 1. The lowest BCUT2D eigenvalue weighted by Crippen LogP contribution is -3.00. The smallest absolute Gasteiger partial charge is 0.158 e. The van der Waals surface area contributed by atoms with Crippen LogP contribution in [0.2, 0.25) is 0 Å². The molecule has 3 rings (SSSR count). The molecule has 0 atom stereocenters. The number of halogens is 1. The molecule has 4 heteroatoms. The predicted octanol–water partition coefficient (Wildman–Crippen LogP) is 1.46. The molecule has 0 bridgehead atoms. The second kappa shape index (κ2) is 7.91. The second-order valence-corrected chi connectivity index (χ2v) is 7.36. The zero-order valence-electron chi connectivity index (χ0n) is 15.3. The van der Waals surface area contributed by atoms with Gasteiger partial charge in [-0.25, -0.2) is 0 Å². The van der Waals surface area contributed by atoms with E-state index in [4.69, 9.17) is 4.42 Å². The molecule has 132 valence electrons. The summed E-state index contributed by atoms with van der Waals surface area (Å²) in [5.74, 6) is 2.07. The van der Waals surface area contributed by atoms with Crippen LogP contribution in [-0.2, 0) is 6.54 Å². The van der Waals surface area contributed by atoms with E-state index in [2.05, 4.69) is 63.3 Å². The van der Waals surface area contributed by atoms with Crippen LogP contribution in [0.4, 0.5) is 5.69 Å². The standard InChI is InChI=1S/C20H29N2O.HI/c1-16-18(15-22(4)13-9-6-10-14-22)19(21(2)3)20(23-16)17-11-7-5-8-12-17;/h5,7-8,11-12H,6,9-10,13-15H2,1-4H3;1H/q+1;/p-1. The molecule has 0 spiro atoms. The first kappa shape index (κ1) is 19.3. The van der Waals surface area contributed by atoms with E-state index in [0.29, 0.717) is 0 Å². The number of anilines is 1. The Morgan fingerprint density at radius 3 is 2.25 bits per heavy atom. The van der Waals surface area contributed by atoms with E-state index < -0.39 is 0 Å². The number of rotatable bonds is 4. The number of nitrogens with zero attached hydrogens (tertiary/aromatic N) is 2. The third kappa shape index (κ3) is 3.97. The Kier molecular flexibility index (Phi) is 6.37. The molecule has 24 heavy (non-hydrogen) atoms. The van der Waals surface area contributed by atoms with Crippen molar-refractivity contribution in [2.24, 2.45) is 0 Å². The number of hydrogen-bond acceptors (Lipinski definition) is 2. The summed E-state index contributed by atoms with van der Waals surface area (Å²) in [6.45, 7) is 5.73. The van der Waals surface area contributed by atoms with E-state index in [1.807, 2.05) is 0 Å². The highest BCUT2D eigenvalue weighted by Gasteiger charge is 2.30. The Hall–Kier alpha value is -1.01. The van der Waals surface area contributed by atoms with E-state index >= 15 is 0 Å². The number of furan rings is 1. The highest BCUT2D eigenvalue weighted by atomic mass is 127. The molecule has 2 heterocycles. The molecule has 1 saturated heterocycles. The van der Waals surface area contributed by atoms with Gasteiger partial charge in [-0.3, -0.25) is 0 Å². The summed E-state index contributed by atoms with van der Waals surface area (Å²) < 4.78 is 7.36. The average Bonchev–Trinajstić information content (AvgIpc) is 2.85. The fourth-order valence-electron chi connectivity index (χ4n) is 3.83. The van der Waals surface area contributed by atoms with Gasteiger partial charge in [0.15, 0.2) is 5.76 Å². The summed E-state index contributed by atoms with van der Waals surface area (Å²) in [5.41, 5.74) is 3.78. The fraction of sp³-hybridized carbons (Fsp3) is 0.500. The van der Waals surface area contributed by atoms with Crippen LogP contribution >= 0.6 is 0 Å². The summed E-state index contributed by atoms with van der Waals surface area (Å²) in [6, 6.07) is 10.5. The van der Waals surface area contributed by atoms with Crippen LogP contribution in [0.3, 0.4) is 0 Å². The first-order valence-electron chi connectivity index (χ1n) is 8.69. The van der Waals surface area contributed by atoms with E-state index in [1.165, 1.54) is 43.6 Å². The van der Waals surface area contributed by atoms with Gasteiger partial charge in [0.05, 0.1) is 31.4 Å². The van der Waals surface area contributed by atoms with Crippen LogP contribution in [0.5, 0.6) is 0 Å². The number of hydrogen-bond donors (Lipinski definition) is 0. The maximum atomic E-state index is 6.23. The third-order valence-corrected chi connectivity index (χ3v) is 5.10. The van der Waals surface area contributed by atoms with Crippen LogP contribution in [0.15, 0.2) is 34.7 Å². The van der Waals surface area contributed by atoms with Gasteiger partial charge in [-0.15, -0.1) is 0 Å². The van der Waals surface area contributed by atoms with Gasteiger partial charge in [-0.2, -0.15) is 0 Å². The van der Waals surface area contributed by atoms with Crippen molar-refractivity contribution in [3.8, 4) is 11.3 Å². The first-order valence-corrected chi connectivity index (χ1v) is 8.69. The van der Waals surface area contributed by atoms with Gasteiger partial charge in [0.2, 0.25) is 0 Å². The number of likely N-dealkylation sites (tertiary alicyclic amines) is 1. The lowest BCUT2D eigenvalue weighted by molar-refractivity contribution is -0.926. The Morgan fingerprint density at radius 2 is 1.67 bits per heavy atom. The molecule has 1 aliphatic heterocycles. The second-order valence-electron chi connectivity index (χ2n) is 7.36. The predicted molar refractivity (Wildman–Crippen MR) is 96.7 cm³/mol. The molecule has 1 aromatic heterocycles. The first-order chi connectivity index (χ1) is 11.0. The van der Waals surface area contributed by atoms with Crippen LogP contribution in [0, 0.1) is 6.92 Å². The summed E-state index contributed by atoms with van der Waals surface area (Å²) in [5, 5.41) is 0. The summed E-state index contributed by atoms with van der Waals surface area (Å²) >= 11 is 0. The maximum absolute atomic E-state index is 6.23. The van der Waals surface area contributed by atoms with Crippen molar-refractivity contribution < 1.29 is 32.9 Å². The number of benzene rings is 1. The van der Waals surface area contributed by atoms with Gasteiger partial charge >= 0.3 is 0 Å². The summed E-state index contributed by atoms with van der Waals surface area (Å²) in [7, 11) is 6.64. The molecule has 0 unspecified atom stereocenters. The van der Waals surface area contributed by atoms with Crippen molar-refractivity contribution in [2.45, 2.75) is 32.7 Å². The summed E-state index contributed by atoms with van der Waals surface area (Å²) in [4.78, 5) is 2.21. The van der Waals surface area contributed by atoms with Crippen molar-refractivity contribution in [2.75, 3.05) is 39.1 Å². The van der Waals surface area contributed by atoms with E-state index in [9.17, 15) is 0 Å². The monoisotopic (exact) mass is 440 g/mol. The van der Waals surface area contributed by atoms with Crippen molar-refractivity contribution >= 4 is 5.69 Å². The van der Waals surface area contributed by atoms with Gasteiger partial charge < -0.3 is 37.8 Å². The van der Waals surface area contributed by atoms with Gasteiger partial charge in [0, 0.05) is 19.7 Å². The quantitative estimate of drug-likeness (QED) is 0.529. The van der Waals surface area contributed by atoms with Gasteiger partial charge in [-0.05, 0) is 26.2 Å². The Morgan fingerprint density at radius 1 is 1.04 bits per heavy atom. The molecule has 0 aliphatic carbocycles. The lowest BCUT2D eigenvalue weighted by Gasteiger charge is -2.38. The molecular weight excluding hydrogens is 411 g/mol. The minimum absolute atomic E-state index is 0. The zero-order valence-corrected chi connectivity index (χ0v) is 17.5. The van der Waals surface area contributed by atoms with Gasteiger partial charge in [-0.1, -0.05) is 30.3 Å². The van der Waals surface area contributed by atoms with Crippen molar-refractivity contribution in [1.82, 2.24) is 0 Å². The molecular formula is C20H29IN2O. The van der Waals surface area contributed by atoms with Crippen LogP contribution < -0.4 is 28.9 Å². The maximum Gasteiger partial charge on any atom is 0.158 e. The Balaban J connectivity index is 0.00000208. The molecule has 0 amide bonds. The largest absolute Gasteiger partial charge is 1.00 e. The topological polar surface area (TPSA) is 16.4 Å². The normalized spacial score (nSPS) is 16.5. The van der Waals surface area contributed by atoms with Crippen LogP contribution in [0.1, 0.15) is 30.6 Å². The molecule has 0 radical (unpaired) electrons. The molecule has 1 fully saturated rings. The van der Waals surface area contributed by atoms with Crippen molar-refractivity contribution in [3.05, 3.63) is 41.7 Å². The van der Waals surface area contributed by atoms with E-state index in [0.717, 1.165) is 28.1 Å². The zero-order chi connectivity index (χ0) is 16.4. The molecule has 1 aromatic carbocycles. The van der Waals surface area contributed by atoms with Crippen molar-refractivity contribution in [3.63, 3.8) is 0 Å². The Labute approximate surface area is 163 Å². The van der Waals surface area contributed by atoms with Gasteiger partial charge in [0.1, 0.15) is 12.3 Å². The van der Waals surface area contributed by atoms with E-state index in [1.54, 1.807) is 0 Å². The highest BCUT2D eigenvalue weighted by Crippen LogP contribution is 2.39. The molecule has 2 aromatic rings. The minimum atomic E-state index is 0. The molecule has 0 N–H and O–H groups in total. The van der Waals surface area contributed by atoms with Crippen molar-refractivity contribution in [1.29, 1.82) is 0 Å². The highest BCUT2D eigenvalue weighted by molar-refractivity contribution is 5.77. The minimum Gasteiger partial charge on any atom is -1.00 e. The molecule has 0 saturated carbocycles. The summed E-state index contributed by atoms with van der Waals surface area (Å²) in [6.07, 6.45) is 4.07. The van der Waals surface area contributed by atoms with Gasteiger partial charge in [0.25, 0.3) is 0 Å². The lowest BCUT2D eigenvalue weighted by atomic mass is 10.0. The van der Waals surface area contributed by atoms with Crippen LogP contribution in [-0.4, -0.2) is 38.7 Å². The van der Waals surface area contributed by atoms with E-state index in [-0.39, 0.29) is 24.0 Å². The Bertz CT molecular complexity index is 658. The molecule has 1 aliphatic rings. The third-order valence-electron chi connectivity index (χ3n) is 5.10. The number of quaternary nitrogens is 1.